The van der Waals surface area contributed by atoms with Gasteiger partial charge in [-0.05, 0) is 13.8 Å². The van der Waals surface area contributed by atoms with Crippen molar-refractivity contribution < 1.29 is 9.53 Å². The lowest BCUT2D eigenvalue weighted by Crippen LogP contribution is -2.11. The summed E-state index contributed by atoms with van der Waals surface area (Å²) in [5.41, 5.74) is 1.92. The number of aromatic nitrogens is 4. The van der Waals surface area contributed by atoms with Gasteiger partial charge in [-0.3, -0.25) is 4.68 Å². The lowest BCUT2D eigenvalue weighted by molar-refractivity contribution is 0.0719. The first-order valence-electron chi connectivity index (χ1n) is 5.20. The molecule has 0 saturated carbocycles. The fourth-order valence-electron chi connectivity index (χ4n) is 1.63. The summed E-state index contributed by atoms with van der Waals surface area (Å²) in [7, 11) is 3.49. The summed E-state index contributed by atoms with van der Waals surface area (Å²) in [5, 5.41) is 8.20. The zero-order valence-corrected chi connectivity index (χ0v) is 10.3. The van der Waals surface area contributed by atoms with Gasteiger partial charge in [0.25, 0.3) is 0 Å². The molecule has 0 bridgehead atoms. The molecular formula is C11H14N4O2. The predicted octanol–water partition coefficient (Wildman–Crippen LogP) is 0.990. The molecule has 90 valence electrons. The van der Waals surface area contributed by atoms with E-state index in [2.05, 4.69) is 10.2 Å². The van der Waals surface area contributed by atoms with E-state index in [-0.39, 0.29) is 0 Å². The van der Waals surface area contributed by atoms with Crippen LogP contribution >= 0.6 is 0 Å². The van der Waals surface area contributed by atoms with Gasteiger partial charge in [-0.15, -0.1) is 0 Å². The molecule has 0 atom stereocenters. The first kappa shape index (κ1) is 11.4. The zero-order chi connectivity index (χ0) is 12.6. The maximum Gasteiger partial charge on any atom is 0.348 e. The molecule has 0 aliphatic carbocycles. The van der Waals surface area contributed by atoms with Crippen molar-refractivity contribution in [2.45, 2.75) is 13.8 Å². The van der Waals surface area contributed by atoms with Crippen molar-refractivity contribution in [2.75, 3.05) is 0 Å². The van der Waals surface area contributed by atoms with Crippen LogP contribution in [0.1, 0.15) is 21.7 Å². The van der Waals surface area contributed by atoms with Crippen LogP contribution in [0, 0.1) is 13.8 Å². The lowest BCUT2D eigenvalue weighted by Gasteiger charge is -2.02. The van der Waals surface area contributed by atoms with E-state index in [4.69, 9.17) is 4.74 Å². The minimum absolute atomic E-state index is 0.418. The van der Waals surface area contributed by atoms with E-state index in [1.54, 1.807) is 38.0 Å². The number of ether oxygens (including phenoxy) is 1. The van der Waals surface area contributed by atoms with Crippen molar-refractivity contribution in [1.82, 2.24) is 19.6 Å². The number of nitrogens with zero attached hydrogens (tertiary/aromatic N) is 4. The van der Waals surface area contributed by atoms with Gasteiger partial charge in [0.15, 0.2) is 0 Å². The molecule has 2 heterocycles. The molecule has 0 unspecified atom stereocenters. The van der Waals surface area contributed by atoms with Gasteiger partial charge < -0.3 is 4.74 Å². The van der Waals surface area contributed by atoms with Crippen molar-refractivity contribution in [1.29, 1.82) is 0 Å². The smallest absolute Gasteiger partial charge is 0.348 e. The molecule has 0 amide bonds. The van der Waals surface area contributed by atoms with E-state index in [0.29, 0.717) is 17.1 Å². The molecule has 6 heteroatoms. The first-order chi connectivity index (χ1) is 7.97. The summed E-state index contributed by atoms with van der Waals surface area (Å²) in [4.78, 5) is 11.9. The fraction of sp³-hybridized carbons (Fsp3) is 0.364. The zero-order valence-electron chi connectivity index (χ0n) is 10.3. The molecule has 0 radical (unpaired) electrons. The van der Waals surface area contributed by atoms with Crippen molar-refractivity contribution in [3.63, 3.8) is 0 Å². The molecule has 2 aromatic heterocycles. The summed E-state index contributed by atoms with van der Waals surface area (Å²) in [6.45, 7) is 3.61. The Morgan fingerprint density at radius 3 is 2.47 bits per heavy atom. The molecule has 0 spiro atoms. The molecule has 0 aromatic carbocycles. The third-order valence-electron chi connectivity index (χ3n) is 2.39. The monoisotopic (exact) mass is 234 g/mol. The average molecular weight is 234 g/mol. The average Bonchev–Trinajstić information content (AvgIpc) is 2.70. The summed E-state index contributed by atoms with van der Waals surface area (Å²) in [6, 6.07) is 1.71. The quantitative estimate of drug-likeness (QED) is 0.727. The fourth-order valence-corrected chi connectivity index (χ4v) is 1.63. The number of carbonyl (C=O) groups is 1. The summed E-state index contributed by atoms with van der Waals surface area (Å²) < 4.78 is 8.36. The van der Waals surface area contributed by atoms with Crippen LogP contribution in [0.2, 0.25) is 0 Å². The molecule has 2 aromatic rings. The van der Waals surface area contributed by atoms with Crippen LogP contribution in [0.4, 0.5) is 0 Å². The van der Waals surface area contributed by atoms with Gasteiger partial charge in [-0.25, -0.2) is 9.48 Å². The summed E-state index contributed by atoms with van der Waals surface area (Å²) in [5.74, 6) is 0.00866. The molecular weight excluding hydrogens is 220 g/mol. The highest BCUT2D eigenvalue weighted by Gasteiger charge is 2.16. The number of aryl methyl sites for hydroxylation is 4. The maximum absolute atomic E-state index is 11.9. The molecule has 0 N–H and O–H groups in total. The van der Waals surface area contributed by atoms with Gasteiger partial charge >= 0.3 is 5.97 Å². The Balaban J connectivity index is 2.22. The van der Waals surface area contributed by atoms with Crippen LogP contribution in [0.25, 0.3) is 0 Å². The van der Waals surface area contributed by atoms with E-state index in [0.717, 1.165) is 5.69 Å². The molecule has 0 saturated heterocycles. The van der Waals surface area contributed by atoms with Crippen LogP contribution in [-0.2, 0) is 14.1 Å². The van der Waals surface area contributed by atoms with E-state index in [1.165, 1.54) is 4.68 Å². The van der Waals surface area contributed by atoms with Gasteiger partial charge in [0.05, 0.1) is 11.4 Å². The van der Waals surface area contributed by atoms with Crippen molar-refractivity contribution in [2.24, 2.45) is 14.1 Å². The highest BCUT2D eigenvalue weighted by Crippen LogP contribution is 2.14. The van der Waals surface area contributed by atoms with Crippen LogP contribution < -0.4 is 4.74 Å². The Morgan fingerprint density at radius 1 is 1.29 bits per heavy atom. The number of rotatable bonds is 2. The maximum atomic E-state index is 11.9. The van der Waals surface area contributed by atoms with Gasteiger partial charge in [0, 0.05) is 26.4 Å². The second kappa shape index (κ2) is 4.04. The van der Waals surface area contributed by atoms with Crippen LogP contribution in [0.3, 0.4) is 0 Å². The van der Waals surface area contributed by atoms with E-state index < -0.39 is 5.97 Å². The number of carbonyl (C=O) groups excluding carboxylic acids is 1. The van der Waals surface area contributed by atoms with E-state index in [9.17, 15) is 4.79 Å². The SMILES string of the molecule is Cc1cc(OC(=O)c2cn(C)nc2C)n(C)n1. The predicted molar refractivity (Wildman–Crippen MR) is 60.8 cm³/mol. The standard InChI is InChI=1S/C11H14N4O2/c1-7-5-10(15(4)12-7)17-11(16)9-6-14(3)13-8(9)2/h5-6H,1-4H3. The number of esters is 1. The molecule has 0 fully saturated rings. The largest absolute Gasteiger partial charge is 0.404 e. The first-order valence-corrected chi connectivity index (χ1v) is 5.20. The Hall–Kier alpha value is -2.11. The minimum Gasteiger partial charge on any atom is -0.404 e. The van der Waals surface area contributed by atoms with Gasteiger partial charge in [0.2, 0.25) is 5.88 Å². The number of hydrogen-bond acceptors (Lipinski definition) is 4. The Kier molecular flexibility index (Phi) is 2.71. The lowest BCUT2D eigenvalue weighted by atomic mass is 10.3. The van der Waals surface area contributed by atoms with Crippen LogP contribution in [-0.4, -0.2) is 25.5 Å². The Labute approximate surface area is 98.8 Å². The van der Waals surface area contributed by atoms with Crippen molar-refractivity contribution in [3.05, 3.63) is 29.2 Å². The highest BCUT2D eigenvalue weighted by molar-refractivity contribution is 5.91. The van der Waals surface area contributed by atoms with Gasteiger partial charge in [-0.1, -0.05) is 0 Å². The van der Waals surface area contributed by atoms with Crippen molar-refractivity contribution >= 4 is 5.97 Å². The normalized spacial score (nSPS) is 10.6. The second-order valence-electron chi connectivity index (χ2n) is 3.94. The third kappa shape index (κ3) is 2.20. The minimum atomic E-state index is -0.418. The second-order valence-corrected chi connectivity index (χ2v) is 3.94. The Morgan fingerprint density at radius 2 is 2.00 bits per heavy atom. The molecule has 2 rings (SSSR count). The topological polar surface area (TPSA) is 61.9 Å². The molecule has 6 nitrogen and oxygen atoms in total. The molecule has 0 aliphatic heterocycles. The van der Waals surface area contributed by atoms with E-state index >= 15 is 0 Å². The molecule has 17 heavy (non-hydrogen) atoms. The van der Waals surface area contributed by atoms with Crippen LogP contribution in [0.5, 0.6) is 5.88 Å². The van der Waals surface area contributed by atoms with E-state index in [1.807, 2.05) is 6.92 Å². The van der Waals surface area contributed by atoms with Crippen LogP contribution in [0.15, 0.2) is 12.3 Å². The third-order valence-corrected chi connectivity index (χ3v) is 2.39. The summed E-state index contributed by atoms with van der Waals surface area (Å²) in [6.07, 6.45) is 1.64. The van der Waals surface area contributed by atoms with Gasteiger partial charge in [-0.2, -0.15) is 10.2 Å². The van der Waals surface area contributed by atoms with Gasteiger partial charge in [0.1, 0.15) is 5.56 Å². The van der Waals surface area contributed by atoms with Crippen molar-refractivity contribution in [3.8, 4) is 5.88 Å². The highest BCUT2D eigenvalue weighted by atomic mass is 16.5. The Bertz CT molecular complexity index is 568. The number of hydrogen-bond donors (Lipinski definition) is 0. The summed E-state index contributed by atoms with van der Waals surface area (Å²) >= 11 is 0. The molecule has 0 aliphatic rings.